The summed E-state index contributed by atoms with van der Waals surface area (Å²) in [7, 11) is -1.60. The topological polar surface area (TPSA) is 62.3 Å². The average Bonchev–Trinajstić information content (AvgIpc) is 2.95. The normalized spacial score (nSPS) is 12.0. The lowest BCUT2D eigenvalue weighted by molar-refractivity contribution is 0.424. The first-order valence-electron chi connectivity index (χ1n) is 6.70. The molecule has 0 atom stereocenters. The van der Waals surface area contributed by atoms with Crippen LogP contribution < -0.4 is 5.32 Å². The number of hydrogen-bond donors (Lipinski definition) is 1. The van der Waals surface area contributed by atoms with Crippen LogP contribution in [0.1, 0.15) is 17.4 Å². The van der Waals surface area contributed by atoms with Gasteiger partial charge in [0.25, 0.3) is 10.0 Å². The number of pyridine rings is 1. The van der Waals surface area contributed by atoms with Gasteiger partial charge in [0.1, 0.15) is 4.21 Å². The fraction of sp³-hybridized carbons (Fsp3) is 0.357. The van der Waals surface area contributed by atoms with Gasteiger partial charge in [0, 0.05) is 36.9 Å². The zero-order valence-electron chi connectivity index (χ0n) is 12.1. The van der Waals surface area contributed by atoms with Gasteiger partial charge in [-0.05, 0) is 36.9 Å². The van der Waals surface area contributed by atoms with Gasteiger partial charge >= 0.3 is 0 Å². The van der Waals surface area contributed by atoms with Crippen LogP contribution in [0.4, 0.5) is 0 Å². The number of aromatic nitrogens is 1. The summed E-state index contributed by atoms with van der Waals surface area (Å²) >= 11 is 1.31. The largest absolute Gasteiger partial charge is 0.315 e. The quantitative estimate of drug-likeness (QED) is 0.846. The minimum absolute atomic E-state index is 0.362. The van der Waals surface area contributed by atoms with E-state index in [1.165, 1.54) is 15.6 Å². The molecule has 0 saturated heterocycles. The van der Waals surface area contributed by atoms with Gasteiger partial charge in [-0.2, -0.15) is 4.31 Å². The summed E-state index contributed by atoms with van der Waals surface area (Å²) in [6.45, 7) is 3.32. The van der Waals surface area contributed by atoms with Crippen molar-refractivity contribution in [2.75, 3.05) is 13.6 Å². The smallest absolute Gasteiger partial charge is 0.252 e. The number of sulfonamides is 1. The fourth-order valence-corrected chi connectivity index (χ4v) is 4.91. The molecule has 0 bridgehead atoms. The molecule has 5 nitrogen and oxygen atoms in total. The predicted molar refractivity (Wildman–Crippen MR) is 84.6 cm³/mol. The predicted octanol–water partition coefficient (Wildman–Crippen LogP) is 2.07. The molecule has 0 saturated carbocycles. The van der Waals surface area contributed by atoms with E-state index in [4.69, 9.17) is 0 Å². The number of nitrogens with zero attached hydrogens (tertiary/aromatic N) is 2. The summed E-state index contributed by atoms with van der Waals surface area (Å²) in [5.41, 5.74) is 0.933. The summed E-state index contributed by atoms with van der Waals surface area (Å²) < 4.78 is 27.2. The third-order valence-corrected chi connectivity index (χ3v) is 6.52. The molecule has 0 unspecified atom stereocenters. The molecule has 0 aliphatic rings. The Morgan fingerprint density at radius 1 is 1.24 bits per heavy atom. The lowest BCUT2D eigenvalue weighted by Crippen LogP contribution is -2.29. The summed E-state index contributed by atoms with van der Waals surface area (Å²) in [5.74, 6) is 0. The number of thiophene rings is 1. The van der Waals surface area contributed by atoms with Crippen molar-refractivity contribution in [2.45, 2.75) is 24.2 Å². The van der Waals surface area contributed by atoms with Crippen LogP contribution in [0.25, 0.3) is 0 Å². The van der Waals surface area contributed by atoms with Gasteiger partial charge in [-0.1, -0.05) is 6.92 Å². The molecule has 0 fully saturated rings. The van der Waals surface area contributed by atoms with Crippen molar-refractivity contribution in [3.8, 4) is 0 Å². The van der Waals surface area contributed by atoms with Crippen molar-refractivity contribution in [1.82, 2.24) is 14.6 Å². The molecule has 114 valence electrons. The van der Waals surface area contributed by atoms with Crippen molar-refractivity contribution in [3.63, 3.8) is 0 Å². The highest BCUT2D eigenvalue weighted by atomic mass is 32.2. The molecule has 2 aromatic heterocycles. The molecular formula is C14H19N3O2S2. The molecule has 0 aliphatic carbocycles. The van der Waals surface area contributed by atoms with Crippen LogP contribution in [0.5, 0.6) is 0 Å². The lowest BCUT2D eigenvalue weighted by atomic mass is 10.3. The lowest BCUT2D eigenvalue weighted by Gasteiger charge is -2.19. The van der Waals surface area contributed by atoms with Gasteiger partial charge in [-0.3, -0.25) is 4.98 Å². The van der Waals surface area contributed by atoms with E-state index in [9.17, 15) is 8.42 Å². The van der Waals surface area contributed by atoms with Crippen LogP contribution in [0.3, 0.4) is 0 Å². The van der Waals surface area contributed by atoms with E-state index in [2.05, 4.69) is 10.3 Å². The van der Waals surface area contributed by atoms with Crippen molar-refractivity contribution in [3.05, 3.63) is 47.1 Å². The van der Waals surface area contributed by atoms with Crippen LogP contribution in [-0.4, -0.2) is 31.3 Å². The first-order chi connectivity index (χ1) is 10.1. The molecule has 7 heteroatoms. The zero-order chi connectivity index (χ0) is 15.3. The molecule has 2 heterocycles. The molecule has 2 aromatic rings. The van der Waals surface area contributed by atoms with Gasteiger partial charge in [0.05, 0.1) is 0 Å². The third-order valence-electron chi connectivity index (χ3n) is 3.04. The van der Waals surface area contributed by atoms with E-state index in [0.717, 1.165) is 10.4 Å². The highest BCUT2D eigenvalue weighted by molar-refractivity contribution is 7.91. The molecular weight excluding hydrogens is 306 g/mol. The van der Waals surface area contributed by atoms with Gasteiger partial charge in [-0.15, -0.1) is 11.3 Å². The fourth-order valence-electron chi connectivity index (χ4n) is 1.95. The standard InChI is InChI=1S/C14H19N3O2S2/c1-3-17(11-12-6-8-16-9-7-12)21(18,19)14-5-4-13(20-14)10-15-2/h4-9,15H,3,10-11H2,1-2H3. The van der Waals surface area contributed by atoms with E-state index in [1.54, 1.807) is 18.5 Å². The van der Waals surface area contributed by atoms with Gasteiger partial charge in [0.2, 0.25) is 0 Å². The second kappa shape index (κ2) is 7.13. The monoisotopic (exact) mass is 325 g/mol. The molecule has 2 rings (SSSR count). The van der Waals surface area contributed by atoms with Crippen LogP contribution in [0.15, 0.2) is 40.9 Å². The Balaban J connectivity index is 2.22. The Kier molecular flexibility index (Phi) is 5.46. The molecule has 1 N–H and O–H groups in total. The van der Waals surface area contributed by atoms with E-state index in [1.807, 2.05) is 32.2 Å². The summed E-state index contributed by atoms with van der Waals surface area (Å²) in [6.07, 6.45) is 3.35. The highest BCUT2D eigenvalue weighted by Crippen LogP contribution is 2.25. The number of hydrogen-bond acceptors (Lipinski definition) is 5. The molecule has 21 heavy (non-hydrogen) atoms. The second-order valence-electron chi connectivity index (χ2n) is 4.54. The maximum Gasteiger partial charge on any atom is 0.252 e. The van der Waals surface area contributed by atoms with E-state index in [0.29, 0.717) is 23.8 Å². The maximum absolute atomic E-state index is 12.7. The highest BCUT2D eigenvalue weighted by Gasteiger charge is 2.24. The third kappa shape index (κ3) is 3.88. The van der Waals surface area contributed by atoms with E-state index in [-0.39, 0.29) is 0 Å². The van der Waals surface area contributed by atoms with E-state index < -0.39 is 10.0 Å². The summed E-state index contributed by atoms with van der Waals surface area (Å²) in [4.78, 5) is 4.96. The Hall–Kier alpha value is -1.28. The molecule has 0 aromatic carbocycles. The van der Waals surface area contributed by atoms with Crippen molar-refractivity contribution < 1.29 is 8.42 Å². The second-order valence-corrected chi connectivity index (χ2v) is 7.87. The molecule has 0 amide bonds. The molecule has 0 aliphatic heterocycles. The minimum atomic E-state index is -3.44. The summed E-state index contributed by atoms with van der Waals surface area (Å²) in [6, 6.07) is 7.20. The van der Waals surface area contributed by atoms with Gasteiger partial charge < -0.3 is 5.32 Å². The van der Waals surface area contributed by atoms with Crippen LogP contribution in [0, 0.1) is 0 Å². The molecule has 0 spiro atoms. The summed E-state index contributed by atoms with van der Waals surface area (Å²) in [5, 5.41) is 3.03. The van der Waals surface area contributed by atoms with Gasteiger partial charge in [-0.25, -0.2) is 8.42 Å². The Morgan fingerprint density at radius 2 is 1.95 bits per heavy atom. The zero-order valence-corrected chi connectivity index (χ0v) is 13.7. The molecule has 0 radical (unpaired) electrons. The van der Waals surface area contributed by atoms with Crippen molar-refractivity contribution >= 4 is 21.4 Å². The Bertz CT molecular complexity index is 669. The first-order valence-corrected chi connectivity index (χ1v) is 8.96. The number of nitrogens with one attached hydrogen (secondary N) is 1. The Morgan fingerprint density at radius 3 is 2.57 bits per heavy atom. The van der Waals surface area contributed by atoms with Gasteiger partial charge in [0.15, 0.2) is 0 Å². The van der Waals surface area contributed by atoms with Crippen molar-refractivity contribution in [2.24, 2.45) is 0 Å². The van der Waals surface area contributed by atoms with Crippen LogP contribution in [-0.2, 0) is 23.1 Å². The van der Waals surface area contributed by atoms with Crippen LogP contribution in [0.2, 0.25) is 0 Å². The van der Waals surface area contributed by atoms with Crippen molar-refractivity contribution in [1.29, 1.82) is 0 Å². The van der Waals surface area contributed by atoms with Crippen LogP contribution >= 0.6 is 11.3 Å². The average molecular weight is 325 g/mol. The Labute approximate surface area is 129 Å². The first kappa shape index (κ1) is 16.1. The minimum Gasteiger partial charge on any atom is -0.315 e. The SMILES string of the molecule is CCN(Cc1ccncc1)S(=O)(=O)c1ccc(CNC)s1. The number of rotatable bonds is 7. The maximum atomic E-state index is 12.7. The van der Waals surface area contributed by atoms with E-state index >= 15 is 0 Å².